The van der Waals surface area contributed by atoms with Crippen LogP contribution in [0.5, 0.6) is 0 Å². The highest BCUT2D eigenvalue weighted by Gasteiger charge is 2.19. The Morgan fingerprint density at radius 1 is 1.64 bits per heavy atom. The molecule has 0 aromatic heterocycles. The van der Waals surface area contributed by atoms with Crippen LogP contribution in [0.2, 0.25) is 0 Å². The molecule has 1 unspecified atom stereocenters. The third-order valence-electron chi connectivity index (χ3n) is 2.21. The predicted octanol–water partition coefficient (Wildman–Crippen LogP) is 1.93. The van der Waals surface area contributed by atoms with E-state index in [0.29, 0.717) is 11.7 Å². The Kier molecular flexibility index (Phi) is 2.93. The van der Waals surface area contributed by atoms with Gasteiger partial charge in [0, 0.05) is 23.2 Å². The van der Waals surface area contributed by atoms with Crippen LogP contribution in [0.1, 0.15) is 0 Å². The monoisotopic (exact) mass is 212 g/mol. The van der Waals surface area contributed by atoms with Gasteiger partial charge in [-0.3, -0.25) is 0 Å². The van der Waals surface area contributed by atoms with Crippen molar-refractivity contribution in [1.29, 1.82) is 0 Å². The molecule has 1 aromatic carbocycles. The second-order valence-electron chi connectivity index (χ2n) is 3.32. The van der Waals surface area contributed by atoms with Gasteiger partial charge in [0.25, 0.3) is 0 Å². The number of anilines is 1. The van der Waals surface area contributed by atoms with Crippen molar-refractivity contribution in [2.45, 2.75) is 10.9 Å². The molecule has 1 aliphatic rings. The summed E-state index contributed by atoms with van der Waals surface area (Å²) in [4.78, 5) is 1.01. The molecule has 2 nitrogen and oxygen atoms in total. The Balaban J connectivity index is 2.20. The lowest BCUT2D eigenvalue weighted by Gasteiger charge is -2.26. The summed E-state index contributed by atoms with van der Waals surface area (Å²) >= 11 is 1.71. The van der Waals surface area contributed by atoms with Gasteiger partial charge in [-0.1, -0.05) is 6.07 Å². The molecule has 2 N–H and O–H groups in total. The summed E-state index contributed by atoms with van der Waals surface area (Å²) in [5, 5.41) is 6.30. The lowest BCUT2D eigenvalue weighted by molar-refractivity contribution is 0.617. The van der Waals surface area contributed by atoms with Crippen LogP contribution in [0.25, 0.3) is 0 Å². The van der Waals surface area contributed by atoms with Gasteiger partial charge in [-0.2, -0.15) is 0 Å². The van der Waals surface area contributed by atoms with Crippen LogP contribution in [-0.2, 0) is 0 Å². The van der Waals surface area contributed by atoms with E-state index < -0.39 is 0 Å². The van der Waals surface area contributed by atoms with Crippen molar-refractivity contribution in [2.24, 2.45) is 0 Å². The Hall–Kier alpha value is -0.740. The average molecular weight is 212 g/mol. The normalized spacial score (nSPS) is 20.0. The molecular formula is C10H13FN2S. The van der Waals surface area contributed by atoms with Gasteiger partial charge in [-0.15, -0.1) is 11.8 Å². The highest BCUT2D eigenvalue weighted by Crippen LogP contribution is 2.34. The van der Waals surface area contributed by atoms with Crippen LogP contribution in [-0.4, -0.2) is 25.4 Å². The summed E-state index contributed by atoms with van der Waals surface area (Å²) in [6.07, 6.45) is 0. The van der Waals surface area contributed by atoms with E-state index in [1.807, 2.05) is 13.1 Å². The minimum absolute atomic E-state index is 0.157. The van der Waals surface area contributed by atoms with E-state index in [0.717, 1.165) is 17.2 Å². The van der Waals surface area contributed by atoms with E-state index in [-0.39, 0.29) is 5.82 Å². The van der Waals surface area contributed by atoms with E-state index in [4.69, 9.17) is 0 Å². The van der Waals surface area contributed by atoms with Crippen LogP contribution in [0, 0.1) is 5.82 Å². The van der Waals surface area contributed by atoms with E-state index in [1.54, 1.807) is 17.8 Å². The van der Waals surface area contributed by atoms with Gasteiger partial charge in [0.05, 0.1) is 5.69 Å². The van der Waals surface area contributed by atoms with Gasteiger partial charge >= 0.3 is 0 Å². The van der Waals surface area contributed by atoms with Gasteiger partial charge in [-0.25, -0.2) is 4.39 Å². The lowest BCUT2D eigenvalue weighted by Crippen LogP contribution is -2.35. The van der Waals surface area contributed by atoms with E-state index in [2.05, 4.69) is 10.6 Å². The van der Waals surface area contributed by atoms with Crippen LogP contribution >= 0.6 is 11.8 Å². The molecule has 4 heteroatoms. The van der Waals surface area contributed by atoms with Crippen LogP contribution in [0.4, 0.5) is 10.1 Å². The Bertz CT molecular complexity index is 330. The number of nitrogens with one attached hydrogen (secondary N) is 2. The first kappa shape index (κ1) is 9.80. The number of halogens is 1. The number of para-hydroxylation sites is 1. The summed E-state index contributed by atoms with van der Waals surface area (Å²) in [5.74, 6) is 0.827. The molecule has 1 aromatic rings. The van der Waals surface area contributed by atoms with E-state index >= 15 is 0 Å². The van der Waals surface area contributed by atoms with Crippen molar-refractivity contribution < 1.29 is 4.39 Å². The summed E-state index contributed by atoms with van der Waals surface area (Å²) < 4.78 is 13.4. The smallest absolute Gasteiger partial charge is 0.147 e. The van der Waals surface area contributed by atoms with Gasteiger partial charge in [0.15, 0.2) is 0 Å². The second kappa shape index (κ2) is 4.19. The minimum Gasteiger partial charge on any atom is -0.377 e. The fraction of sp³-hybridized carbons (Fsp3) is 0.400. The van der Waals surface area contributed by atoms with Gasteiger partial charge in [0.2, 0.25) is 0 Å². The Labute approximate surface area is 87.3 Å². The molecule has 0 saturated heterocycles. The first-order valence-electron chi connectivity index (χ1n) is 4.63. The largest absolute Gasteiger partial charge is 0.377 e. The number of benzene rings is 1. The highest BCUT2D eigenvalue weighted by atomic mass is 32.2. The molecule has 76 valence electrons. The van der Waals surface area contributed by atoms with E-state index in [1.165, 1.54) is 6.07 Å². The van der Waals surface area contributed by atoms with Crippen LogP contribution in [0.3, 0.4) is 0 Å². The van der Waals surface area contributed by atoms with Crippen molar-refractivity contribution in [2.75, 3.05) is 24.7 Å². The maximum Gasteiger partial charge on any atom is 0.147 e. The second-order valence-corrected chi connectivity index (χ2v) is 4.38. The molecule has 1 heterocycles. The zero-order valence-electron chi connectivity index (χ0n) is 8.01. The van der Waals surface area contributed by atoms with E-state index in [9.17, 15) is 4.39 Å². The van der Waals surface area contributed by atoms with Crippen molar-refractivity contribution in [3.63, 3.8) is 0 Å². The van der Waals surface area contributed by atoms with Gasteiger partial charge in [-0.05, 0) is 19.2 Å². The topological polar surface area (TPSA) is 24.1 Å². The molecule has 0 bridgehead atoms. The lowest BCUT2D eigenvalue weighted by atomic mass is 10.2. The maximum absolute atomic E-state index is 13.4. The molecule has 0 radical (unpaired) electrons. The van der Waals surface area contributed by atoms with Gasteiger partial charge in [0.1, 0.15) is 5.82 Å². The van der Waals surface area contributed by atoms with Crippen molar-refractivity contribution in [3.05, 3.63) is 24.0 Å². The third-order valence-corrected chi connectivity index (χ3v) is 3.43. The number of fused-ring (bicyclic) bond motifs is 1. The SMILES string of the molecule is CNCC1CSc2cccc(F)c2N1. The molecule has 1 aliphatic heterocycles. The first-order valence-corrected chi connectivity index (χ1v) is 5.62. The quantitative estimate of drug-likeness (QED) is 0.783. The molecule has 0 amide bonds. The zero-order chi connectivity index (χ0) is 9.97. The minimum atomic E-state index is -0.157. The summed E-state index contributed by atoms with van der Waals surface area (Å²) in [6.45, 7) is 0.862. The summed E-state index contributed by atoms with van der Waals surface area (Å²) in [7, 11) is 1.91. The summed E-state index contributed by atoms with van der Waals surface area (Å²) in [6, 6.07) is 5.51. The number of thioether (sulfide) groups is 1. The number of rotatable bonds is 2. The molecule has 0 saturated carbocycles. The van der Waals surface area contributed by atoms with Crippen molar-refractivity contribution >= 4 is 17.4 Å². The Morgan fingerprint density at radius 3 is 3.29 bits per heavy atom. The Morgan fingerprint density at radius 2 is 2.50 bits per heavy atom. The fourth-order valence-corrected chi connectivity index (χ4v) is 2.61. The highest BCUT2D eigenvalue weighted by molar-refractivity contribution is 7.99. The number of hydrogen-bond donors (Lipinski definition) is 2. The predicted molar refractivity (Wildman–Crippen MR) is 58.5 cm³/mol. The molecule has 14 heavy (non-hydrogen) atoms. The maximum atomic E-state index is 13.4. The standard InChI is InChI=1S/C10H13FN2S/c1-12-5-7-6-14-9-4-2-3-8(11)10(9)13-7/h2-4,7,12-13H,5-6H2,1H3. The average Bonchev–Trinajstić information content (AvgIpc) is 2.20. The molecule has 0 fully saturated rings. The fourth-order valence-electron chi connectivity index (χ4n) is 1.56. The summed E-state index contributed by atoms with van der Waals surface area (Å²) in [5.41, 5.74) is 0.656. The van der Waals surface area contributed by atoms with Gasteiger partial charge < -0.3 is 10.6 Å². The number of hydrogen-bond acceptors (Lipinski definition) is 3. The molecule has 2 rings (SSSR count). The number of likely N-dealkylation sites (N-methyl/N-ethyl adjacent to an activating group) is 1. The third kappa shape index (κ3) is 1.86. The zero-order valence-corrected chi connectivity index (χ0v) is 8.83. The van der Waals surface area contributed by atoms with Crippen molar-refractivity contribution in [3.8, 4) is 0 Å². The van der Waals surface area contributed by atoms with Crippen LogP contribution < -0.4 is 10.6 Å². The first-order chi connectivity index (χ1) is 6.81. The molecule has 0 spiro atoms. The molecule has 1 atom stereocenters. The van der Waals surface area contributed by atoms with Crippen LogP contribution in [0.15, 0.2) is 23.1 Å². The molecular weight excluding hydrogens is 199 g/mol. The molecule has 0 aliphatic carbocycles. The van der Waals surface area contributed by atoms with Crippen molar-refractivity contribution in [1.82, 2.24) is 5.32 Å².